The van der Waals surface area contributed by atoms with Crippen molar-refractivity contribution >= 4 is 5.97 Å². The summed E-state index contributed by atoms with van der Waals surface area (Å²) in [7, 11) is 3.34. The fourth-order valence-corrected chi connectivity index (χ4v) is 4.66. The molecule has 7 heteroatoms. The number of methoxy groups -OCH3 is 2. The van der Waals surface area contributed by atoms with Gasteiger partial charge in [0.2, 0.25) is 0 Å². The van der Waals surface area contributed by atoms with Crippen molar-refractivity contribution in [1.82, 2.24) is 4.57 Å². The van der Waals surface area contributed by atoms with Gasteiger partial charge in [0.05, 0.1) is 25.5 Å². The second-order valence-electron chi connectivity index (χ2n) is 9.88. The van der Waals surface area contributed by atoms with Gasteiger partial charge in [0.1, 0.15) is 11.7 Å². The van der Waals surface area contributed by atoms with E-state index in [0.29, 0.717) is 11.5 Å². The van der Waals surface area contributed by atoms with Crippen LogP contribution in [0.1, 0.15) is 62.5 Å². The van der Waals surface area contributed by atoms with Gasteiger partial charge in [0, 0.05) is 43.8 Å². The maximum absolute atomic E-state index is 12.9. The van der Waals surface area contributed by atoms with E-state index in [2.05, 4.69) is 20.8 Å². The van der Waals surface area contributed by atoms with Gasteiger partial charge < -0.3 is 23.5 Å². The molecule has 7 nitrogen and oxygen atoms in total. The maximum atomic E-state index is 12.9. The number of aromatic nitrogens is 1. The minimum Gasteiger partial charge on any atom is -0.493 e. The Bertz CT molecular complexity index is 1110. The number of ether oxygens (including phenoxy) is 4. The van der Waals surface area contributed by atoms with Crippen LogP contribution in [0.15, 0.2) is 29.2 Å². The highest BCUT2D eigenvalue weighted by Crippen LogP contribution is 2.46. The predicted molar refractivity (Wildman–Crippen MR) is 125 cm³/mol. The number of esters is 1. The van der Waals surface area contributed by atoms with Crippen LogP contribution in [0.5, 0.6) is 11.5 Å². The molecule has 4 rings (SSSR count). The molecule has 1 unspecified atom stereocenters. The molecule has 1 aliphatic heterocycles. The molecule has 178 valence electrons. The molecule has 1 aromatic heterocycles. The van der Waals surface area contributed by atoms with Crippen molar-refractivity contribution in [1.29, 1.82) is 0 Å². The Hall–Kier alpha value is -2.80. The molecule has 0 N–H and O–H groups in total. The van der Waals surface area contributed by atoms with Gasteiger partial charge >= 0.3 is 5.97 Å². The molecule has 1 atom stereocenters. The highest BCUT2D eigenvalue weighted by molar-refractivity contribution is 5.89. The standard InChI is InChI=1S/C26H33NO6/c1-7-32-25(29)19-14-27-20(13-21(19)28)18-12-22(31-6)23(33-17-10-16(11-17)30-5)8-15(18)9-24(27)26(2,3)4/h8,12-14,16-17,24H,7,9-11H2,1-6H3/t16-,17-,24?. The summed E-state index contributed by atoms with van der Waals surface area (Å²) < 4.78 is 24.4. The maximum Gasteiger partial charge on any atom is 0.343 e. The van der Waals surface area contributed by atoms with Crippen LogP contribution in [0.3, 0.4) is 0 Å². The lowest BCUT2D eigenvalue weighted by Gasteiger charge is -2.39. The fourth-order valence-electron chi connectivity index (χ4n) is 4.66. The van der Waals surface area contributed by atoms with E-state index >= 15 is 0 Å². The zero-order chi connectivity index (χ0) is 23.9. The lowest BCUT2D eigenvalue weighted by Crippen LogP contribution is -2.39. The van der Waals surface area contributed by atoms with Gasteiger partial charge in [-0.2, -0.15) is 0 Å². The van der Waals surface area contributed by atoms with Crippen LogP contribution in [-0.4, -0.2) is 43.6 Å². The third-order valence-electron chi connectivity index (χ3n) is 6.67. The average molecular weight is 456 g/mol. The highest BCUT2D eigenvalue weighted by Gasteiger charge is 2.36. The molecule has 1 aromatic carbocycles. The van der Waals surface area contributed by atoms with Gasteiger partial charge in [0.25, 0.3) is 0 Å². The van der Waals surface area contributed by atoms with E-state index in [1.807, 2.05) is 16.7 Å². The third kappa shape index (κ3) is 4.38. The first kappa shape index (κ1) is 23.4. The van der Waals surface area contributed by atoms with E-state index in [1.54, 1.807) is 27.3 Å². The van der Waals surface area contributed by atoms with E-state index in [1.165, 1.54) is 6.07 Å². The monoisotopic (exact) mass is 455 g/mol. The molecule has 33 heavy (non-hydrogen) atoms. The van der Waals surface area contributed by atoms with Crippen LogP contribution < -0.4 is 14.9 Å². The largest absolute Gasteiger partial charge is 0.493 e. The first-order chi connectivity index (χ1) is 15.7. The molecule has 2 aliphatic rings. The third-order valence-corrected chi connectivity index (χ3v) is 6.67. The second-order valence-corrected chi connectivity index (χ2v) is 9.88. The van der Waals surface area contributed by atoms with Crippen molar-refractivity contribution in [2.24, 2.45) is 5.41 Å². The Morgan fingerprint density at radius 1 is 1.09 bits per heavy atom. The zero-order valence-corrected chi connectivity index (χ0v) is 20.3. The number of rotatable bonds is 6. The van der Waals surface area contributed by atoms with Crippen LogP contribution in [0.2, 0.25) is 0 Å². The average Bonchev–Trinajstić information content (AvgIpc) is 2.73. The van der Waals surface area contributed by atoms with Crippen LogP contribution in [0.4, 0.5) is 0 Å². The molecule has 1 saturated carbocycles. The van der Waals surface area contributed by atoms with Gasteiger partial charge in [-0.15, -0.1) is 0 Å². The summed E-state index contributed by atoms with van der Waals surface area (Å²) in [4.78, 5) is 25.3. The van der Waals surface area contributed by atoms with Gasteiger partial charge in [-0.1, -0.05) is 20.8 Å². The van der Waals surface area contributed by atoms with Crippen molar-refractivity contribution in [2.75, 3.05) is 20.8 Å². The Morgan fingerprint density at radius 2 is 1.82 bits per heavy atom. The van der Waals surface area contributed by atoms with Crippen LogP contribution >= 0.6 is 0 Å². The first-order valence-corrected chi connectivity index (χ1v) is 11.5. The molecule has 0 bridgehead atoms. The van der Waals surface area contributed by atoms with Crippen molar-refractivity contribution in [3.05, 3.63) is 45.7 Å². The zero-order valence-electron chi connectivity index (χ0n) is 20.3. The Morgan fingerprint density at radius 3 is 2.42 bits per heavy atom. The Kier molecular flexibility index (Phi) is 6.27. The summed E-state index contributed by atoms with van der Waals surface area (Å²) in [5.41, 5.74) is 2.37. The van der Waals surface area contributed by atoms with Gasteiger partial charge in [0.15, 0.2) is 16.9 Å². The minimum atomic E-state index is -0.590. The summed E-state index contributed by atoms with van der Waals surface area (Å²) in [6.07, 6.45) is 4.46. The smallest absolute Gasteiger partial charge is 0.343 e. The van der Waals surface area contributed by atoms with Crippen LogP contribution in [-0.2, 0) is 15.9 Å². The molecule has 0 spiro atoms. The molecular formula is C26H33NO6. The number of pyridine rings is 1. The lowest BCUT2D eigenvalue weighted by molar-refractivity contribution is -0.0388. The number of carbonyl (C=O) groups excluding carboxylic acids is 1. The minimum absolute atomic E-state index is 0.0385. The molecule has 0 radical (unpaired) electrons. The van der Waals surface area contributed by atoms with Crippen molar-refractivity contribution in [3.8, 4) is 22.8 Å². The molecule has 1 fully saturated rings. The molecule has 1 aliphatic carbocycles. The van der Waals surface area contributed by atoms with Gasteiger partial charge in [-0.25, -0.2) is 4.79 Å². The Labute approximate surface area is 194 Å². The predicted octanol–water partition coefficient (Wildman–Crippen LogP) is 4.40. The summed E-state index contributed by atoms with van der Waals surface area (Å²) in [5, 5.41) is 0. The molecule has 2 aromatic rings. The highest BCUT2D eigenvalue weighted by atomic mass is 16.5. The first-order valence-electron chi connectivity index (χ1n) is 11.5. The summed E-state index contributed by atoms with van der Waals surface area (Å²) in [6, 6.07) is 5.56. The Balaban J connectivity index is 1.80. The number of hydrogen-bond donors (Lipinski definition) is 0. The number of carbonyl (C=O) groups is 1. The van der Waals surface area contributed by atoms with E-state index < -0.39 is 5.97 Å². The number of fused-ring (bicyclic) bond motifs is 3. The molecular weight excluding hydrogens is 422 g/mol. The summed E-state index contributed by atoms with van der Waals surface area (Å²) in [6.45, 7) is 8.43. The van der Waals surface area contributed by atoms with E-state index in [4.69, 9.17) is 18.9 Å². The number of benzene rings is 1. The molecule has 2 heterocycles. The summed E-state index contributed by atoms with van der Waals surface area (Å²) in [5.74, 6) is 0.743. The van der Waals surface area contributed by atoms with Crippen LogP contribution in [0, 0.1) is 5.41 Å². The molecule has 0 amide bonds. The molecule has 0 saturated heterocycles. The van der Waals surface area contributed by atoms with Crippen molar-refractivity contribution in [3.63, 3.8) is 0 Å². The summed E-state index contributed by atoms with van der Waals surface area (Å²) >= 11 is 0. The normalized spacial score (nSPS) is 21.5. The van der Waals surface area contributed by atoms with Crippen molar-refractivity contribution < 1.29 is 23.7 Å². The van der Waals surface area contributed by atoms with Crippen LogP contribution in [0.25, 0.3) is 11.3 Å². The number of nitrogens with zero attached hydrogens (tertiary/aromatic N) is 1. The van der Waals surface area contributed by atoms with Crippen molar-refractivity contribution in [2.45, 2.75) is 65.2 Å². The quantitative estimate of drug-likeness (QED) is 0.601. The van der Waals surface area contributed by atoms with Gasteiger partial charge in [-0.3, -0.25) is 4.79 Å². The fraction of sp³-hybridized carbons (Fsp3) is 0.538. The van der Waals surface area contributed by atoms with Gasteiger partial charge in [-0.05, 0) is 36.5 Å². The van der Waals surface area contributed by atoms with E-state index in [9.17, 15) is 9.59 Å². The van der Waals surface area contributed by atoms with E-state index in [-0.39, 0.29) is 41.3 Å². The second kappa shape index (κ2) is 8.86. The topological polar surface area (TPSA) is 76.0 Å². The SMILES string of the molecule is CCOC(=O)c1cn2c(cc1=O)-c1cc(OC)c(O[C@H]3C[C@H](OC)C3)cc1CC2C(C)(C)C. The lowest BCUT2D eigenvalue weighted by atomic mass is 9.78. The number of hydrogen-bond acceptors (Lipinski definition) is 6. The van der Waals surface area contributed by atoms with E-state index in [0.717, 1.165) is 36.1 Å².